The first-order chi connectivity index (χ1) is 12.3. The summed E-state index contributed by atoms with van der Waals surface area (Å²) < 4.78 is 27.4. The zero-order chi connectivity index (χ0) is 19.2. The van der Waals surface area contributed by atoms with Gasteiger partial charge in [-0.15, -0.1) is 0 Å². The summed E-state index contributed by atoms with van der Waals surface area (Å²) in [5.74, 6) is -1.17. The summed E-state index contributed by atoms with van der Waals surface area (Å²) in [5.41, 5.74) is 1.38. The molecule has 2 aromatic carbocycles. The Morgan fingerprint density at radius 1 is 1.15 bits per heavy atom. The van der Waals surface area contributed by atoms with Crippen molar-refractivity contribution in [1.82, 2.24) is 4.72 Å². The normalized spacial score (nSPS) is 12.5. The van der Waals surface area contributed by atoms with Crippen LogP contribution in [0.25, 0.3) is 0 Å². The van der Waals surface area contributed by atoms with E-state index in [4.69, 9.17) is 0 Å². The molecule has 0 amide bonds. The lowest BCUT2D eigenvalue weighted by Gasteiger charge is -2.16. The molecule has 0 aliphatic heterocycles. The smallest absolute Gasteiger partial charge is 0.337 e. The number of carbonyl (C=O) groups is 1. The number of hydrogen-bond acceptors (Lipinski definition) is 4. The highest BCUT2D eigenvalue weighted by molar-refractivity contribution is 7.89. The maximum absolute atomic E-state index is 12.5. The van der Waals surface area contributed by atoms with Gasteiger partial charge in [-0.1, -0.05) is 37.3 Å². The van der Waals surface area contributed by atoms with Crippen LogP contribution < -0.4 is 10.0 Å². The maximum atomic E-state index is 12.5. The molecule has 0 aromatic heterocycles. The minimum Gasteiger partial charge on any atom is -0.478 e. The molecule has 0 unspecified atom stereocenters. The number of carboxylic acid groups (broad SMARTS) is 1. The van der Waals surface area contributed by atoms with Gasteiger partial charge in [0.1, 0.15) is 0 Å². The summed E-state index contributed by atoms with van der Waals surface area (Å²) in [4.78, 5) is 11.5. The standard InChI is InChI=1S/C19H24N2O4S/c1-3-14(2)21-18-10-9-16(13-17(18)19(22)23)26(24,25)20-12-11-15-7-5-4-6-8-15/h4-10,13-14,20-21H,3,11-12H2,1-2H3,(H,22,23)/t14-/m0/s1. The third-order valence-corrected chi connectivity index (χ3v) is 5.55. The average molecular weight is 376 g/mol. The van der Waals surface area contributed by atoms with Gasteiger partial charge in [-0.05, 0) is 43.5 Å². The Hall–Kier alpha value is -2.38. The summed E-state index contributed by atoms with van der Waals surface area (Å²) in [6.07, 6.45) is 1.37. The van der Waals surface area contributed by atoms with Crippen molar-refractivity contribution in [1.29, 1.82) is 0 Å². The molecule has 2 rings (SSSR count). The molecular formula is C19H24N2O4S. The van der Waals surface area contributed by atoms with Crippen LogP contribution in [0.2, 0.25) is 0 Å². The van der Waals surface area contributed by atoms with Gasteiger partial charge in [-0.25, -0.2) is 17.9 Å². The van der Waals surface area contributed by atoms with Crippen LogP contribution in [0, 0.1) is 0 Å². The number of sulfonamides is 1. The molecule has 2 aromatic rings. The van der Waals surface area contributed by atoms with Gasteiger partial charge in [-0.3, -0.25) is 0 Å². The second-order valence-corrected chi connectivity index (χ2v) is 7.87. The zero-order valence-electron chi connectivity index (χ0n) is 14.9. The Labute approximate surface area is 154 Å². The van der Waals surface area contributed by atoms with Gasteiger partial charge in [0.2, 0.25) is 10.0 Å². The molecule has 0 radical (unpaired) electrons. The Morgan fingerprint density at radius 3 is 2.46 bits per heavy atom. The highest BCUT2D eigenvalue weighted by Crippen LogP contribution is 2.22. The Kier molecular flexibility index (Phi) is 6.76. The first-order valence-electron chi connectivity index (χ1n) is 8.51. The third kappa shape index (κ3) is 5.31. The molecule has 0 aliphatic carbocycles. The Bertz CT molecular complexity index is 851. The number of anilines is 1. The van der Waals surface area contributed by atoms with Gasteiger partial charge in [0, 0.05) is 18.3 Å². The van der Waals surface area contributed by atoms with Crippen LogP contribution in [0.15, 0.2) is 53.4 Å². The number of benzene rings is 2. The Morgan fingerprint density at radius 2 is 1.85 bits per heavy atom. The molecule has 0 aliphatic rings. The molecule has 140 valence electrons. The van der Waals surface area contributed by atoms with Crippen LogP contribution in [0.4, 0.5) is 5.69 Å². The van der Waals surface area contributed by atoms with E-state index in [0.717, 1.165) is 12.0 Å². The van der Waals surface area contributed by atoms with Crippen molar-refractivity contribution >= 4 is 21.7 Å². The molecular weight excluding hydrogens is 352 g/mol. The summed E-state index contributed by atoms with van der Waals surface area (Å²) in [6.45, 7) is 4.15. The van der Waals surface area contributed by atoms with E-state index in [2.05, 4.69) is 10.0 Å². The lowest BCUT2D eigenvalue weighted by molar-refractivity contribution is 0.0697. The van der Waals surface area contributed by atoms with Crippen LogP contribution >= 0.6 is 0 Å². The van der Waals surface area contributed by atoms with E-state index in [1.54, 1.807) is 0 Å². The second kappa shape index (κ2) is 8.82. The van der Waals surface area contributed by atoms with E-state index >= 15 is 0 Å². The lowest BCUT2D eigenvalue weighted by Crippen LogP contribution is -2.26. The van der Waals surface area contributed by atoms with Crippen LogP contribution in [0.1, 0.15) is 36.2 Å². The largest absolute Gasteiger partial charge is 0.478 e. The second-order valence-electron chi connectivity index (χ2n) is 6.10. The van der Waals surface area contributed by atoms with Crippen molar-refractivity contribution in [3.8, 4) is 0 Å². The molecule has 0 bridgehead atoms. The molecule has 3 N–H and O–H groups in total. The summed E-state index contributed by atoms with van der Waals surface area (Å²) >= 11 is 0. The molecule has 0 fully saturated rings. The van der Waals surface area contributed by atoms with Gasteiger partial charge >= 0.3 is 5.97 Å². The zero-order valence-corrected chi connectivity index (χ0v) is 15.7. The van der Waals surface area contributed by atoms with Gasteiger partial charge < -0.3 is 10.4 Å². The molecule has 0 heterocycles. The minimum absolute atomic E-state index is 0.0577. The van der Waals surface area contributed by atoms with E-state index in [1.807, 2.05) is 44.2 Å². The number of carboxylic acids is 1. The summed E-state index contributed by atoms with van der Waals surface area (Å²) in [5, 5.41) is 12.5. The van der Waals surface area contributed by atoms with Crippen molar-refractivity contribution in [2.24, 2.45) is 0 Å². The highest BCUT2D eigenvalue weighted by atomic mass is 32.2. The van der Waals surface area contributed by atoms with Crippen LogP contribution in [-0.4, -0.2) is 32.1 Å². The molecule has 0 saturated carbocycles. The topological polar surface area (TPSA) is 95.5 Å². The number of nitrogens with one attached hydrogen (secondary N) is 2. The molecule has 0 spiro atoms. The third-order valence-electron chi connectivity index (χ3n) is 4.09. The maximum Gasteiger partial charge on any atom is 0.337 e. The molecule has 0 saturated heterocycles. The average Bonchev–Trinajstić information content (AvgIpc) is 2.62. The summed E-state index contributed by atoms with van der Waals surface area (Å²) in [7, 11) is -3.78. The number of rotatable bonds is 9. The SMILES string of the molecule is CC[C@H](C)Nc1ccc(S(=O)(=O)NCCc2ccccc2)cc1C(=O)O. The van der Waals surface area contributed by atoms with E-state index in [9.17, 15) is 18.3 Å². The number of hydrogen-bond donors (Lipinski definition) is 3. The first-order valence-corrected chi connectivity index (χ1v) is 9.99. The molecule has 6 nitrogen and oxygen atoms in total. The quantitative estimate of drug-likeness (QED) is 0.625. The van der Waals surface area contributed by atoms with E-state index in [1.165, 1.54) is 18.2 Å². The predicted octanol–water partition coefficient (Wildman–Crippen LogP) is 3.12. The van der Waals surface area contributed by atoms with Crippen molar-refractivity contribution in [2.75, 3.05) is 11.9 Å². The van der Waals surface area contributed by atoms with Crippen LogP contribution in [0.5, 0.6) is 0 Å². The van der Waals surface area contributed by atoms with Gasteiger partial charge in [-0.2, -0.15) is 0 Å². The molecule has 7 heteroatoms. The monoisotopic (exact) mass is 376 g/mol. The van der Waals surface area contributed by atoms with Crippen LogP contribution in [0.3, 0.4) is 0 Å². The number of aromatic carboxylic acids is 1. The first kappa shape index (κ1) is 19.9. The Balaban J connectivity index is 2.15. The van der Waals surface area contributed by atoms with Crippen molar-refractivity contribution in [2.45, 2.75) is 37.6 Å². The predicted molar refractivity (Wildman–Crippen MR) is 102 cm³/mol. The highest BCUT2D eigenvalue weighted by Gasteiger charge is 2.19. The summed E-state index contributed by atoms with van der Waals surface area (Å²) in [6, 6.07) is 13.7. The van der Waals surface area contributed by atoms with Gasteiger partial charge in [0.15, 0.2) is 0 Å². The van der Waals surface area contributed by atoms with E-state index < -0.39 is 16.0 Å². The van der Waals surface area contributed by atoms with Crippen LogP contribution in [-0.2, 0) is 16.4 Å². The van der Waals surface area contributed by atoms with Gasteiger partial charge in [0.25, 0.3) is 0 Å². The van der Waals surface area contributed by atoms with Gasteiger partial charge in [0.05, 0.1) is 10.5 Å². The van der Waals surface area contributed by atoms with Crippen molar-refractivity contribution in [3.05, 3.63) is 59.7 Å². The fraction of sp³-hybridized carbons (Fsp3) is 0.316. The molecule has 26 heavy (non-hydrogen) atoms. The van der Waals surface area contributed by atoms with E-state index in [0.29, 0.717) is 12.1 Å². The fourth-order valence-corrected chi connectivity index (χ4v) is 3.48. The van der Waals surface area contributed by atoms with Crippen molar-refractivity contribution < 1.29 is 18.3 Å². The van der Waals surface area contributed by atoms with Crippen molar-refractivity contribution in [3.63, 3.8) is 0 Å². The van der Waals surface area contributed by atoms with E-state index in [-0.39, 0.29) is 23.0 Å². The molecule has 1 atom stereocenters. The minimum atomic E-state index is -3.78. The fourth-order valence-electron chi connectivity index (χ4n) is 2.42. The lowest BCUT2D eigenvalue weighted by atomic mass is 10.1.